The lowest BCUT2D eigenvalue weighted by Gasteiger charge is -2.39. The first-order valence-corrected chi connectivity index (χ1v) is 14.3. The Morgan fingerprint density at radius 2 is 1.82 bits per heavy atom. The first-order valence-electron chi connectivity index (χ1n) is 13.9. The standard InChI is InChI=1S/C30H32ClN7O2/c31-23-7-5-22(6-8-23)30(40)12-16-36(17-13-30)26-2-1-15-38-27(26)34-29(35-38)33-24-9-3-20(4-10-24)28(39)37-18-21-11-14-32-25(21)19-37/h1-10,15,21,25,32,40H,11-14,16-19H2,(H,33,35). The van der Waals surface area contributed by atoms with E-state index in [0.29, 0.717) is 54.4 Å². The fourth-order valence-electron chi connectivity index (χ4n) is 6.38. The Labute approximate surface area is 237 Å². The van der Waals surface area contributed by atoms with E-state index in [1.807, 2.05) is 71.8 Å². The Bertz CT molecular complexity index is 1520. The third-order valence-electron chi connectivity index (χ3n) is 8.69. The third kappa shape index (κ3) is 4.68. The quantitative estimate of drug-likeness (QED) is 0.340. The molecular formula is C30H32ClN7O2. The summed E-state index contributed by atoms with van der Waals surface area (Å²) in [6.45, 7) is 4.06. The van der Waals surface area contributed by atoms with Crippen molar-refractivity contribution in [1.29, 1.82) is 0 Å². The Morgan fingerprint density at radius 1 is 1.05 bits per heavy atom. The SMILES string of the molecule is O=C(c1ccc(Nc2nc3c(N4CCC(O)(c5ccc(Cl)cc5)CC4)cccn3n2)cc1)N1CC2CCNC2C1. The number of hydrogen-bond acceptors (Lipinski definition) is 7. The van der Waals surface area contributed by atoms with Crippen LogP contribution in [0.15, 0.2) is 66.9 Å². The van der Waals surface area contributed by atoms with Crippen molar-refractivity contribution >= 4 is 40.5 Å². The van der Waals surface area contributed by atoms with E-state index in [1.54, 1.807) is 4.52 Å². The van der Waals surface area contributed by atoms with Crippen LogP contribution in [0.1, 0.15) is 35.2 Å². The number of benzene rings is 2. The Morgan fingerprint density at radius 3 is 2.58 bits per heavy atom. The van der Waals surface area contributed by atoms with Crippen molar-refractivity contribution < 1.29 is 9.90 Å². The summed E-state index contributed by atoms with van der Waals surface area (Å²) >= 11 is 6.04. The minimum absolute atomic E-state index is 0.0859. The number of aromatic nitrogens is 3. The predicted octanol–water partition coefficient (Wildman–Crippen LogP) is 4.05. The molecular weight excluding hydrogens is 526 g/mol. The van der Waals surface area contributed by atoms with E-state index < -0.39 is 5.60 Å². The zero-order valence-corrected chi connectivity index (χ0v) is 22.9. The molecule has 3 fully saturated rings. The lowest BCUT2D eigenvalue weighted by molar-refractivity contribution is 0.0118. The van der Waals surface area contributed by atoms with Gasteiger partial charge in [-0.1, -0.05) is 23.7 Å². The molecule has 0 spiro atoms. The molecule has 2 atom stereocenters. The van der Waals surface area contributed by atoms with Gasteiger partial charge in [0.15, 0.2) is 5.65 Å². The van der Waals surface area contributed by atoms with Crippen LogP contribution in [-0.2, 0) is 5.60 Å². The molecule has 0 radical (unpaired) electrons. The third-order valence-corrected chi connectivity index (χ3v) is 8.94. The number of amides is 1. The molecule has 3 aliphatic heterocycles. The zero-order chi connectivity index (χ0) is 27.3. The number of carbonyl (C=O) groups is 1. The predicted molar refractivity (Wildman–Crippen MR) is 155 cm³/mol. The van der Waals surface area contributed by atoms with Crippen LogP contribution in [0, 0.1) is 5.92 Å². The van der Waals surface area contributed by atoms with E-state index in [0.717, 1.165) is 48.6 Å². The summed E-state index contributed by atoms with van der Waals surface area (Å²) in [4.78, 5) is 22.0. The lowest BCUT2D eigenvalue weighted by Crippen LogP contribution is -2.42. The molecule has 3 N–H and O–H groups in total. The number of anilines is 3. The molecule has 2 aromatic heterocycles. The number of rotatable bonds is 5. The molecule has 2 aromatic carbocycles. The monoisotopic (exact) mass is 557 g/mol. The van der Waals surface area contributed by atoms with Crippen molar-refractivity contribution in [2.75, 3.05) is 42.9 Å². The van der Waals surface area contributed by atoms with Gasteiger partial charge in [0.25, 0.3) is 5.91 Å². The van der Waals surface area contributed by atoms with Gasteiger partial charge in [0.2, 0.25) is 5.95 Å². The second-order valence-electron chi connectivity index (χ2n) is 11.1. The van der Waals surface area contributed by atoms with Gasteiger partial charge in [-0.3, -0.25) is 4.79 Å². The molecule has 5 heterocycles. The van der Waals surface area contributed by atoms with E-state index in [-0.39, 0.29) is 5.91 Å². The number of fused-ring (bicyclic) bond motifs is 2. The van der Waals surface area contributed by atoms with E-state index >= 15 is 0 Å². The summed E-state index contributed by atoms with van der Waals surface area (Å²) in [6.07, 6.45) is 4.24. The van der Waals surface area contributed by atoms with Gasteiger partial charge in [0, 0.05) is 54.7 Å². The molecule has 0 bridgehead atoms. The maximum absolute atomic E-state index is 13.0. The summed E-state index contributed by atoms with van der Waals surface area (Å²) in [5, 5.41) is 23.4. The fraction of sp³-hybridized carbons (Fsp3) is 0.367. The molecule has 1 amide bonds. The number of nitrogens with zero attached hydrogens (tertiary/aromatic N) is 5. The normalized spacial score (nSPS) is 22.1. The highest BCUT2D eigenvalue weighted by Gasteiger charge is 2.38. The highest BCUT2D eigenvalue weighted by atomic mass is 35.5. The van der Waals surface area contributed by atoms with Crippen molar-refractivity contribution in [2.45, 2.75) is 30.9 Å². The van der Waals surface area contributed by atoms with Crippen LogP contribution in [0.4, 0.5) is 17.3 Å². The topological polar surface area (TPSA) is 98.0 Å². The second kappa shape index (κ2) is 10.1. The minimum Gasteiger partial charge on any atom is -0.385 e. The van der Waals surface area contributed by atoms with E-state index in [4.69, 9.17) is 16.6 Å². The number of carbonyl (C=O) groups excluding carboxylic acids is 1. The van der Waals surface area contributed by atoms with E-state index in [1.165, 1.54) is 0 Å². The first kappa shape index (κ1) is 25.3. The van der Waals surface area contributed by atoms with Gasteiger partial charge in [-0.2, -0.15) is 4.98 Å². The number of likely N-dealkylation sites (tertiary alicyclic amines) is 1. The molecule has 2 unspecified atom stereocenters. The molecule has 3 saturated heterocycles. The van der Waals surface area contributed by atoms with Gasteiger partial charge in [-0.25, -0.2) is 4.52 Å². The van der Waals surface area contributed by atoms with Gasteiger partial charge in [-0.05, 0) is 85.8 Å². The maximum atomic E-state index is 13.0. The van der Waals surface area contributed by atoms with E-state index in [2.05, 4.69) is 20.6 Å². The van der Waals surface area contributed by atoms with Gasteiger partial charge in [0.05, 0.1) is 11.3 Å². The largest absolute Gasteiger partial charge is 0.385 e. The first-order chi connectivity index (χ1) is 19.4. The molecule has 9 nitrogen and oxygen atoms in total. The number of nitrogens with one attached hydrogen (secondary N) is 2. The van der Waals surface area contributed by atoms with Crippen molar-refractivity contribution in [1.82, 2.24) is 24.8 Å². The Kier molecular flexibility index (Phi) is 6.37. The van der Waals surface area contributed by atoms with Crippen LogP contribution < -0.4 is 15.5 Å². The van der Waals surface area contributed by atoms with Crippen LogP contribution >= 0.6 is 11.6 Å². The average Bonchev–Trinajstić information content (AvgIpc) is 3.69. The molecule has 7 rings (SSSR count). The number of hydrogen-bond donors (Lipinski definition) is 3. The summed E-state index contributed by atoms with van der Waals surface area (Å²) in [6, 6.07) is 19.4. The summed E-state index contributed by atoms with van der Waals surface area (Å²) in [7, 11) is 0. The summed E-state index contributed by atoms with van der Waals surface area (Å²) in [5.74, 6) is 1.15. The molecule has 0 aliphatic carbocycles. The molecule has 40 heavy (non-hydrogen) atoms. The lowest BCUT2D eigenvalue weighted by atomic mass is 9.84. The molecule has 3 aliphatic rings. The zero-order valence-electron chi connectivity index (χ0n) is 22.1. The highest BCUT2D eigenvalue weighted by Crippen LogP contribution is 2.36. The fourth-order valence-corrected chi connectivity index (χ4v) is 6.51. The van der Waals surface area contributed by atoms with Gasteiger partial charge in [0.1, 0.15) is 0 Å². The average molecular weight is 558 g/mol. The Hall–Kier alpha value is -3.66. The second-order valence-corrected chi connectivity index (χ2v) is 11.6. The minimum atomic E-state index is -0.870. The number of piperidine rings is 1. The van der Waals surface area contributed by atoms with Crippen LogP contribution in [0.25, 0.3) is 5.65 Å². The highest BCUT2D eigenvalue weighted by molar-refractivity contribution is 6.30. The van der Waals surface area contributed by atoms with Crippen LogP contribution in [0.3, 0.4) is 0 Å². The summed E-state index contributed by atoms with van der Waals surface area (Å²) in [5.41, 5.74) is 3.27. The van der Waals surface area contributed by atoms with Crippen LogP contribution in [-0.4, -0.2) is 69.3 Å². The molecule has 206 valence electrons. The van der Waals surface area contributed by atoms with Crippen molar-refractivity contribution in [3.05, 3.63) is 83.0 Å². The Balaban J connectivity index is 1.03. The smallest absolute Gasteiger partial charge is 0.253 e. The van der Waals surface area contributed by atoms with Gasteiger partial charge in [-0.15, -0.1) is 5.10 Å². The van der Waals surface area contributed by atoms with E-state index in [9.17, 15) is 9.90 Å². The van der Waals surface area contributed by atoms with Gasteiger partial charge < -0.3 is 25.5 Å². The van der Waals surface area contributed by atoms with Gasteiger partial charge >= 0.3 is 0 Å². The number of aliphatic hydroxyl groups is 1. The van der Waals surface area contributed by atoms with Crippen molar-refractivity contribution in [3.8, 4) is 0 Å². The molecule has 4 aromatic rings. The van der Waals surface area contributed by atoms with Crippen LogP contribution in [0.5, 0.6) is 0 Å². The molecule has 10 heteroatoms. The van der Waals surface area contributed by atoms with Crippen molar-refractivity contribution in [3.63, 3.8) is 0 Å². The maximum Gasteiger partial charge on any atom is 0.253 e. The van der Waals surface area contributed by atoms with Crippen molar-refractivity contribution in [2.24, 2.45) is 5.92 Å². The summed E-state index contributed by atoms with van der Waals surface area (Å²) < 4.78 is 1.77. The van der Waals surface area contributed by atoms with Crippen LogP contribution in [0.2, 0.25) is 5.02 Å². The number of halogens is 1. The number of pyridine rings is 1. The molecule has 0 saturated carbocycles.